The molecule has 2 N–H and O–H groups in total. The predicted molar refractivity (Wildman–Crippen MR) is 167 cm³/mol. The minimum atomic E-state index is -0.336. The lowest BCUT2D eigenvalue weighted by atomic mass is 9.78. The highest BCUT2D eigenvalue weighted by atomic mass is 79.9. The van der Waals surface area contributed by atoms with E-state index in [1.54, 1.807) is 24.4 Å². The quantitative estimate of drug-likeness (QED) is 0.108. The van der Waals surface area contributed by atoms with Crippen molar-refractivity contribution in [2.24, 2.45) is 5.10 Å². The number of hydrazone groups is 1. The van der Waals surface area contributed by atoms with Crippen LogP contribution in [0.15, 0.2) is 80.2 Å². The zero-order valence-corrected chi connectivity index (χ0v) is 25.9. The average Bonchev–Trinajstić information content (AvgIpc) is 2.88. The number of benzene rings is 3. The number of hydrogen-bond donors (Lipinski definition) is 2. The van der Waals surface area contributed by atoms with Crippen LogP contribution in [0.2, 0.25) is 0 Å². The minimum Gasteiger partial charge on any atom is -0.507 e. The molecule has 1 heterocycles. The fraction of sp³-hybridized carbons (Fsp3) is 0.290. The number of aromatic nitrogens is 2. The summed E-state index contributed by atoms with van der Waals surface area (Å²) in [6, 6.07) is 18.3. The van der Waals surface area contributed by atoms with Crippen molar-refractivity contribution in [3.05, 3.63) is 92.2 Å². The Balaban J connectivity index is 1.56. The van der Waals surface area contributed by atoms with Crippen molar-refractivity contribution < 1.29 is 9.90 Å². The SMILES string of the molecule is CC(C)(C)c1cc(/C=N/NC(=O)CSc2nc3ccccc3c(=O)n2-c2ccc(Br)cc2)cc(C(C)(C)C)c1O. The van der Waals surface area contributed by atoms with Gasteiger partial charge in [-0.25, -0.2) is 10.4 Å². The van der Waals surface area contributed by atoms with Crippen LogP contribution in [0.1, 0.15) is 58.2 Å². The number of nitrogens with one attached hydrogen (secondary N) is 1. The van der Waals surface area contributed by atoms with E-state index in [0.717, 1.165) is 32.9 Å². The van der Waals surface area contributed by atoms with Crippen LogP contribution < -0.4 is 11.0 Å². The van der Waals surface area contributed by atoms with Crippen molar-refractivity contribution in [2.45, 2.75) is 57.5 Å². The number of fused-ring (bicyclic) bond motifs is 1. The number of aromatic hydroxyl groups is 1. The molecule has 4 rings (SSSR count). The molecule has 0 saturated carbocycles. The molecular weight excluding hydrogens is 588 g/mol. The van der Waals surface area contributed by atoms with Gasteiger partial charge in [0, 0.05) is 15.6 Å². The van der Waals surface area contributed by atoms with Crippen molar-refractivity contribution in [3.63, 3.8) is 0 Å². The molecule has 0 aliphatic heterocycles. The Bertz CT molecular complexity index is 1610. The monoisotopic (exact) mass is 620 g/mol. The van der Waals surface area contributed by atoms with Gasteiger partial charge >= 0.3 is 0 Å². The molecule has 0 aliphatic rings. The third kappa shape index (κ3) is 6.64. The Morgan fingerprint density at radius 3 is 2.23 bits per heavy atom. The summed E-state index contributed by atoms with van der Waals surface area (Å²) in [5.41, 5.74) is 5.46. The minimum absolute atomic E-state index is 0.00864. The number of phenols is 1. The van der Waals surface area contributed by atoms with Gasteiger partial charge in [0.25, 0.3) is 11.5 Å². The van der Waals surface area contributed by atoms with Crippen LogP contribution in [0, 0.1) is 0 Å². The zero-order valence-electron chi connectivity index (χ0n) is 23.4. The first kappa shape index (κ1) is 29.6. The Kier molecular flexibility index (Phi) is 8.56. The number of nitrogens with zero attached hydrogens (tertiary/aromatic N) is 3. The molecule has 0 unspecified atom stereocenters. The first-order valence-electron chi connectivity index (χ1n) is 12.9. The van der Waals surface area contributed by atoms with E-state index in [9.17, 15) is 14.7 Å². The van der Waals surface area contributed by atoms with Gasteiger partial charge in [-0.3, -0.25) is 14.2 Å². The van der Waals surface area contributed by atoms with Gasteiger partial charge < -0.3 is 5.11 Å². The van der Waals surface area contributed by atoms with Gasteiger partial charge in [0.05, 0.1) is 28.6 Å². The molecule has 0 radical (unpaired) electrons. The number of thioether (sulfide) groups is 1. The maximum atomic E-state index is 13.4. The van der Waals surface area contributed by atoms with Crippen molar-refractivity contribution >= 4 is 50.7 Å². The van der Waals surface area contributed by atoms with E-state index < -0.39 is 0 Å². The van der Waals surface area contributed by atoms with E-state index in [4.69, 9.17) is 0 Å². The molecule has 208 valence electrons. The van der Waals surface area contributed by atoms with Crippen LogP contribution in [-0.4, -0.2) is 32.5 Å². The summed E-state index contributed by atoms with van der Waals surface area (Å²) < 4.78 is 2.41. The van der Waals surface area contributed by atoms with E-state index >= 15 is 0 Å². The Morgan fingerprint density at radius 1 is 1.02 bits per heavy atom. The molecule has 4 aromatic rings. The lowest BCUT2D eigenvalue weighted by Gasteiger charge is -2.27. The standard InChI is InChI=1S/C31H33BrN4O3S/c1-30(2,3)23-15-19(16-24(27(23)38)31(4,5)6)17-33-35-26(37)18-40-29-34-25-10-8-7-9-22(25)28(39)36(29)21-13-11-20(32)12-14-21/h7-17,38H,18H2,1-6H3,(H,35,37)/b33-17+. The highest BCUT2D eigenvalue weighted by molar-refractivity contribution is 9.10. The molecule has 0 fully saturated rings. The van der Waals surface area contributed by atoms with Gasteiger partial charge in [-0.15, -0.1) is 0 Å². The number of halogens is 1. The average molecular weight is 622 g/mol. The summed E-state index contributed by atoms with van der Waals surface area (Å²) in [6.45, 7) is 12.3. The normalized spacial score (nSPS) is 12.3. The number of para-hydroxylation sites is 1. The van der Waals surface area contributed by atoms with E-state index in [1.165, 1.54) is 4.57 Å². The molecule has 9 heteroatoms. The van der Waals surface area contributed by atoms with Gasteiger partial charge in [0.15, 0.2) is 5.16 Å². The number of phenolic OH excluding ortho intramolecular Hbond substituents is 1. The number of hydrogen-bond acceptors (Lipinski definition) is 6. The Hall–Kier alpha value is -3.43. The summed E-state index contributed by atoms with van der Waals surface area (Å²) in [5, 5.41) is 16.0. The first-order valence-corrected chi connectivity index (χ1v) is 14.6. The summed E-state index contributed by atoms with van der Waals surface area (Å²) in [4.78, 5) is 30.8. The summed E-state index contributed by atoms with van der Waals surface area (Å²) in [7, 11) is 0. The third-order valence-electron chi connectivity index (χ3n) is 6.31. The second-order valence-corrected chi connectivity index (χ2v) is 13.4. The van der Waals surface area contributed by atoms with Gasteiger partial charge in [-0.05, 0) is 64.9 Å². The smallest absolute Gasteiger partial charge is 0.266 e. The van der Waals surface area contributed by atoms with Crippen LogP contribution in [0.5, 0.6) is 5.75 Å². The molecule has 0 saturated heterocycles. The molecule has 1 amide bonds. The lowest BCUT2D eigenvalue weighted by Crippen LogP contribution is -2.24. The highest BCUT2D eigenvalue weighted by Crippen LogP contribution is 2.39. The van der Waals surface area contributed by atoms with Crippen molar-refractivity contribution in [2.75, 3.05) is 5.75 Å². The molecule has 1 aromatic heterocycles. The van der Waals surface area contributed by atoms with Crippen LogP contribution in [0.3, 0.4) is 0 Å². The van der Waals surface area contributed by atoms with Gasteiger partial charge in [-0.2, -0.15) is 5.10 Å². The number of amides is 1. The molecule has 0 bridgehead atoms. The highest BCUT2D eigenvalue weighted by Gasteiger charge is 2.26. The van der Waals surface area contributed by atoms with E-state index in [1.807, 2.05) is 84.0 Å². The molecule has 40 heavy (non-hydrogen) atoms. The maximum absolute atomic E-state index is 13.4. The lowest BCUT2D eigenvalue weighted by molar-refractivity contribution is -0.118. The summed E-state index contributed by atoms with van der Waals surface area (Å²) >= 11 is 4.59. The fourth-order valence-corrected chi connectivity index (χ4v) is 5.31. The zero-order chi connectivity index (χ0) is 29.2. The van der Waals surface area contributed by atoms with Crippen molar-refractivity contribution in [1.82, 2.24) is 15.0 Å². The summed E-state index contributed by atoms with van der Waals surface area (Å²) in [6.07, 6.45) is 1.58. The van der Waals surface area contributed by atoms with Gasteiger partial charge in [-0.1, -0.05) is 81.4 Å². The van der Waals surface area contributed by atoms with Crippen LogP contribution >= 0.6 is 27.7 Å². The molecular formula is C31H33BrN4O3S. The van der Waals surface area contributed by atoms with Crippen molar-refractivity contribution in [3.8, 4) is 11.4 Å². The van der Waals surface area contributed by atoms with Crippen molar-refractivity contribution in [1.29, 1.82) is 0 Å². The largest absolute Gasteiger partial charge is 0.507 e. The first-order chi connectivity index (χ1) is 18.8. The van der Waals surface area contributed by atoms with E-state index in [-0.39, 0.29) is 33.8 Å². The van der Waals surface area contributed by atoms with Crippen LogP contribution in [-0.2, 0) is 15.6 Å². The molecule has 3 aromatic carbocycles. The number of carbonyl (C=O) groups is 1. The van der Waals surface area contributed by atoms with Crippen LogP contribution in [0.4, 0.5) is 0 Å². The maximum Gasteiger partial charge on any atom is 0.266 e. The topological polar surface area (TPSA) is 96.6 Å². The molecule has 7 nitrogen and oxygen atoms in total. The Morgan fingerprint density at radius 2 is 1.62 bits per heavy atom. The van der Waals surface area contributed by atoms with Gasteiger partial charge in [0.1, 0.15) is 5.75 Å². The Labute approximate surface area is 246 Å². The molecule has 0 aliphatic carbocycles. The second-order valence-electron chi connectivity index (χ2n) is 11.6. The number of rotatable bonds is 6. The number of carbonyl (C=O) groups excluding carboxylic acids is 1. The van der Waals surface area contributed by atoms with E-state index in [0.29, 0.717) is 21.7 Å². The summed E-state index contributed by atoms with van der Waals surface area (Å²) in [5.74, 6) is -0.0384. The van der Waals surface area contributed by atoms with Crippen LogP contribution in [0.25, 0.3) is 16.6 Å². The van der Waals surface area contributed by atoms with E-state index in [2.05, 4.69) is 31.4 Å². The molecule has 0 spiro atoms. The second kappa shape index (κ2) is 11.6. The predicted octanol–water partition coefficient (Wildman–Crippen LogP) is 6.69. The van der Waals surface area contributed by atoms with Gasteiger partial charge in [0.2, 0.25) is 0 Å². The third-order valence-corrected chi connectivity index (χ3v) is 7.78. The fourth-order valence-electron chi connectivity index (χ4n) is 4.24. The molecule has 0 atom stereocenters.